The van der Waals surface area contributed by atoms with E-state index in [0.717, 1.165) is 0 Å². The summed E-state index contributed by atoms with van der Waals surface area (Å²) in [6.45, 7) is 0.880. The van der Waals surface area contributed by atoms with Gasteiger partial charge in [-0.15, -0.1) is 0 Å². The predicted octanol–water partition coefficient (Wildman–Crippen LogP) is -0.168. The Bertz CT molecular complexity index is 189. The lowest BCUT2D eigenvalue weighted by Gasteiger charge is -2.32. The minimum absolute atomic E-state index is 0.0437. The number of carbonyl (C=O) groups is 1. The highest BCUT2D eigenvalue weighted by Crippen LogP contribution is 2.15. The molecule has 0 aromatic heterocycles. The molecule has 1 heterocycles. The van der Waals surface area contributed by atoms with Crippen molar-refractivity contribution in [1.29, 1.82) is 0 Å². The quantitative estimate of drug-likeness (QED) is 0.648. The van der Waals surface area contributed by atoms with Crippen LogP contribution >= 0.6 is 0 Å². The first-order valence-electron chi connectivity index (χ1n) is 4.46. The van der Waals surface area contributed by atoms with Gasteiger partial charge in [-0.25, -0.2) is 4.39 Å². The Labute approximate surface area is 76.5 Å². The molecule has 0 radical (unpaired) electrons. The molecule has 0 aliphatic carbocycles. The molecule has 1 fully saturated rings. The van der Waals surface area contributed by atoms with Crippen LogP contribution in [0.15, 0.2) is 0 Å². The molecule has 2 atom stereocenters. The van der Waals surface area contributed by atoms with Gasteiger partial charge in [0.2, 0.25) is 0 Å². The Balaban J connectivity index is 2.52. The standard InChI is InChI=1S/C8H15FN2O2/c9-6-2-1-3-11(5-6)7(4-10)8(12)13/h6-7H,1-5,10H2,(H,12,13). The van der Waals surface area contributed by atoms with Crippen LogP contribution in [-0.2, 0) is 4.79 Å². The zero-order valence-electron chi connectivity index (χ0n) is 7.45. The van der Waals surface area contributed by atoms with Gasteiger partial charge < -0.3 is 10.8 Å². The smallest absolute Gasteiger partial charge is 0.322 e. The number of nitrogens with zero attached hydrogens (tertiary/aromatic N) is 1. The van der Waals surface area contributed by atoms with E-state index in [1.54, 1.807) is 4.90 Å². The summed E-state index contributed by atoms with van der Waals surface area (Å²) in [6.07, 6.45) is 0.348. The summed E-state index contributed by atoms with van der Waals surface area (Å²) in [4.78, 5) is 12.3. The van der Waals surface area contributed by atoms with Crippen LogP contribution in [-0.4, -0.2) is 47.8 Å². The Morgan fingerprint density at radius 2 is 2.46 bits per heavy atom. The van der Waals surface area contributed by atoms with Crippen molar-refractivity contribution in [2.24, 2.45) is 5.73 Å². The van der Waals surface area contributed by atoms with E-state index >= 15 is 0 Å². The topological polar surface area (TPSA) is 66.6 Å². The summed E-state index contributed by atoms with van der Waals surface area (Å²) in [5.41, 5.74) is 5.31. The molecular weight excluding hydrogens is 175 g/mol. The largest absolute Gasteiger partial charge is 0.480 e. The second-order valence-corrected chi connectivity index (χ2v) is 3.32. The molecule has 1 aliphatic rings. The lowest BCUT2D eigenvalue weighted by molar-refractivity contribution is -0.143. The first-order valence-corrected chi connectivity index (χ1v) is 4.46. The molecular formula is C8H15FN2O2. The van der Waals surface area contributed by atoms with Crippen LogP contribution in [0, 0.1) is 0 Å². The van der Waals surface area contributed by atoms with E-state index in [1.165, 1.54) is 0 Å². The maximum Gasteiger partial charge on any atom is 0.322 e. The van der Waals surface area contributed by atoms with Gasteiger partial charge in [-0.3, -0.25) is 9.69 Å². The molecule has 5 heteroatoms. The van der Waals surface area contributed by atoms with Crippen LogP contribution in [0.5, 0.6) is 0 Å². The van der Waals surface area contributed by atoms with E-state index in [-0.39, 0.29) is 13.1 Å². The monoisotopic (exact) mass is 190 g/mol. The van der Waals surface area contributed by atoms with Crippen molar-refractivity contribution < 1.29 is 14.3 Å². The van der Waals surface area contributed by atoms with Gasteiger partial charge in [-0.05, 0) is 19.4 Å². The molecule has 0 aromatic carbocycles. The van der Waals surface area contributed by atoms with Crippen LogP contribution in [0.2, 0.25) is 0 Å². The average Bonchev–Trinajstić information content (AvgIpc) is 2.04. The maximum absolute atomic E-state index is 12.9. The zero-order valence-corrected chi connectivity index (χ0v) is 7.45. The van der Waals surface area contributed by atoms with E-state index in [0.29, 0.717) is 19.4 Å². The average molecular weight is 190 g/mol. The van der Waals surface area contributed by atoms with Crippen molar-refractivity contribution in [3.05, 3.63) is 0 Å². The third kappa shape index (κ3) is 2.63. The molecule has 0 amide bonds. The Kier molecular flexibility index (Phi) is 3.62. The number of aliphatic carboxylic acids is 1. The van der Waals surface area contributed by atoms with Gasteiger partial charge in [0.25, 0.3) is 0 Å². The van der Waals surface area contributed by atoms with Gasteiger partial charge in [-0.1, -0.05) is 0 Å². The fourth-order valence-corrected chi connectivity index (χ4v) is 1.64. The molecule has 1 rings (SSSR count). The van der Waals surface area contributed by atoms with Crippen LogP contribution in [0.3, 0.4) is 0 Å². The van der Waals surface area contributed by atoms with Crippen molar-refractivity contribution >= 4 is 5.97 Å². The zero-order chi connectivity index (χ0) is 9.84. The van der Waals surface area contributed by atoms with Crippen molar-refractivity contribution in [2.75, 3.05) is 19.6 Å². The molecule has 76 valence electrons. The lowest BCUT2D eigenvalue weighted by Crippen LogP contribution is -2.50. The highest BCUT2D eigenvalue weighted by Gasteiger charge is 2.28. The van der Waals surface area contributed by atoms with E-state index < -0.39 is 18.2 Å². The van der Waals surface area contributed by atoms with Gasteiger partial charge in [-0.2, -0.15) is 0 Å². The summed E-state index contributed by atoms with van der Waals surface area (Å²) in [7, 11) is 0. The summed E-state index contributed by atoms with van der Waals surface area (Å²) in [6, 6.07) is -0.724. The minimum atomic E-state index is -0.961. The summed E-state index contributed by atoms with van der Waals surface area (Å²) < 4.78 is 12.9. The molecule has 13 heavy (non-hydrogen) atoms. The molecule has 0 bridgehead atoms. The second-order valence-electron chi connectivity index (χ2n) is 3.32. The first-order chi connectivity index (χ1) is 6.15. The van der Waals surface area contributed by atoms with Crippen molar-refractivity contribution in [1.82, 2.24) is 4.90 Å². The second kappa shape index (κ2) is 4.53. The molecule has 0 aromatic rings. The van der Waals surface area contributed by atoms with Crippen molar-refractivity contribution in [3.63, 3.8) is 0 Å². The van der Waals surface area contributed by atoms with E-state index in [4.69, 9.17) is 10.8 Å². The molecule has 1 saturated heterocycles. The SMILES string of the molecule is NCC(C(=O)O)N1CCCC(F)C1. The number of piperidine rings is 1. The highest BCUT2D eigenvalue weighted by molar-refractivity contribution is 5.73. The third-order valence-electron chi connectivity index (χ3n) is 2.34. The predicted molar refractivity (Wildman–Crippen MR) is 46.2 cm³/mol. The molecule has 0 spiro atoms. The van der Waals surface area contributed by atoms with E-state index in [9.17, 15) is 9.18 Å². The molecule has 2 unspecified atom stereocenters. The summed E-state index contributed by atoms with van der Waals surface area (Å²) >= 11 is 0. The van der Waals surface area contributed by atoms with Crippen molar-refractivity contribution in [2.45, 2.75) is 25.1 Å². The fourth-order valence-electron chi connectivity index (χ4n) is 1.64. The maximum atomic E-state index is 12.9. The van der Waals surface area contributed by atoms with Crippen LogP contribution in [0.25, 0.3) is 0 Å². The lowest BCUT2D eigenvalue weighted by atomic mass is 10.1. The summed E-state index contributed by atoms with van der Waals surface area (Å²) in [5, 5.41) is 8.77. The number of hydrogen-bond donors (Lipinski definition) is 2. The normalized spacial score (nSPS) is 27.1. The molecule has 3 N–H and O–H groups in total. The number of halogens is 1. The van der Waals surface area contributed by atoms with Gasteiger partial charge in [0.05, 0.1) is 0 Å². The number of rotatable bonds is 3. The first kappa shape index (κ1) is 10.4. The van der Waals surface area contributed by atoms with Crippen LogP contribution < -0.4 is 5.73 Å². The Morgan fingerprint density at radius 3 is 2.92 bits per heavy atom. The van der Waals surface area contributed by atoms with Gasteiger partial charge in [0, 0.05) is 13.1 Å². The number of alkyl halides is 1. The van der Waals surface area contributed by atoms with Gasteiger partial charge in [0.15, 0.2) is 0 Å². The molecule has 1 aliphatic heterocycles. The minimum Gasteiger partial charge on any atom is -0.480 e. The van der Waals surface area contributed by atoms with Crippen molar-refractivity contribution in [3.8, 4) is 0 Å². The van der Waals surface area contributed by atoms with Crippen LogP contribution in [0.4, 0.5) is 4.39 Å². The third-order valence-corrected chi connectivity index (χ3v) is 2.34. The Morgan fingerprint density at radius 1 is 1.77 bits per heavy atom. The van der Waals surface area contributed by atoms with Crippen LogP contribution in [0.1, 0.15) is 12.8 Å². The number of hydrogen-bond acceptors (Lipinski definition) is 3. The Hall–Kier alpha value is -0.680. The van der Waals surface area contributed by atoms with Gasteiger partial charge >= 0.3 is 5.97 Å². The number of carboxylic acids is 1. The van der Waals surface area contributed by atoms with Gasteiger partial charge in [0.1, 0.15) is 12.2 Å². The van der Waals surface area contributed by atoms with E-state index in [2.05, 4.69) is 0 Å². The number of nitrogens with two attached hydrogens (primary N) is 1. The fraction of sp³-hybridized carbons (Fsp3) is 0.875. The molecule has 0 saturated carbocycles. The number of likely N-dealkylation sites (tertiary alicyclic amines) is 1. The number of carboxylic acid groups (broad SMARTS) is 1. The van der Waals surface area contributed by atoms with E-state index in [1.807, 2.05) is 0 Å². The highest BCUT2D eigenvalue weighted by atomic mass is 19.1. The summed E-state index contributed by atoms with van der Waals surface area (Å²) in [5.74, 6) is -0.961. The molecule has 4 nitrogen and oxygen atoms in total.